The normalized spacial score (nSPS) is 14.7. The molecule has 27 heavy (non-hydrogen) atoms. The molecule has 2 aromatic heterocycles. The smallest absolute Gasteiger partial charge is 0.253 e. The molecular formula is C20H17N5O2. The number of carbonyl (C=O) groups excluding carboxylic acids is 1. The van der Waals surface area contributed by atoms with E-state index in [0.29, 0.717) is 35.9 Å². The predicted octanol–water partition coefficient (Wildman–Crippen LogP) is 3.02. The number of aromatic nitrogens is 3. The van der Waals surface area contributed by atoms with Crippen LogP contribution in [0.15, 0.2) is 53.3 Å². The van der Waals surface area contributed by atoms with Crippen LogP contribution in [0, 0.1) is 11.3 Å². The Morgan fingerprint density at radius 2 is 2.07 bits per heavy atom. The first-order chi connectivity index (χ1) is 13.2. The molecule has 7 nitrogen and oxygen atoms in total. The van der Waals surface area contributed by atoms with Crippen molar-refractivity contribution in [3.05, 3.63) is 65.8 Å². The van der Waals surface area contributed by atoms with Crippen LogP contribution in [0.5, 0.6) is 0 Å². The Morgan fingerprint density at radius 3 is 2.81 bits per heavy atom. The van der Waals surface area contributed by atoms with E-state index < -0.39 is 0 Å². The summed E-state index contributed by atoms with van der Waals surface area (Å²) in [5, 5.41) is 13.0. The first-order valence-corrected chi connectivity index (χ1v) is 8.78. The summed E-state index contributed by atoms with van der Waals surface area (Å²) in [7, 11) is 0. The summed E-state index contributed by atoms with van der Waals surface area (Å²) >= 11 is 0. The lowest BCUT2D eigenvalue weighted by molar-refractivity contribution is 0.0704. The minimum atomic E-state index is -0.0490. The third kappa shape index (κ3) is 3.55. The van der Waals surface area contributed by atoms with Crippen molar-refractivity contribution < 1.29 is 9.32 Å². The van der Waals surface area contributed by atoms with Crippen LogP contribution in [0.1, 0.15) is 40.6 Å². The maximum absolute atomic E-state index is 12.7. The van der Waals surface area contributed by atoms with E-state index in [9.17, 15) is 4.79 Å². The molecule has 1 aromatic carbocycles. The van der Waals surface area contributed by atoms with Gasteiger partial charge in [0.2, 0.25) is 11.7 Å². The second kappa shape index (κ2) is 7.38. The predicted molar refractivity (Wildman–Crippen MR) is 96.6 cm³/mol. The Morgan fingerprint density at radius 1 is 1.22 bits per heavy atom. The fourth-order valence-corrected chi connectivity index (χ4v) is 3.25. The molecule has 0 atom stereocenters. The quantitative estimate of drug-likeness (QED) is 0.713. The molecule has 0 saturated carbocycles. The van der Waals surface area contributed by atoms with Gasteiger partial charge in [0.05, 0.1) is 11.6 Å². The van der Waals surface area contributed by atoms with Crippen LogP contribution in [0.4, 0.5) is 0 Å². The second-order valence-electron chi connectivity index (χ2n) is 6.46. The zero-order valence-electron chi connectivity index (χ0n) is 14.6. The second-order valence-corrected chi connectivity index (χ2v) is 6.46. The number of hydrogen-bond donors (Lipinski definition) is 0. The Bertz CT molecular complexity index is 985. The van der Waals surface area contributed by atoms with Gasteiger partial charge >= 0.3 is 0 Å². The standard InChI is InChI=1S/C20H17N5O2/c21-12-14-3-1-4-16(11-14)20(26)25-9-6-15(7-10-25)19-23-18(24-27-19)17-5-2-8-22-13-17/h1-5,8,11,13,15H,6-7,9-10H2. The van der Waals surface area contributed by atoms with Gasteiger partial charge in [-0.25, -0.2) is 0 Å². The summed E-state index contributed by atoms with van der Waals surface area (Å²) in [6.07, 6.45) is 4.92. The van der Waals surface area contributed by atoms with E-state index in [1.807, 2.05) is 17.0 Å². The molecule has 7 heteroatoms. The van der Waals surface area contributed by atoms with E-state index in [-0.39, 0.29) is 11.8 Å². The third-order valence-electron chi connectivity index (χ3n) is 4.73. The van der Waals surface area contributed by atoms with Crippen molar-refractivity contribution in [3.63, 3.8) is 0 Å². The SMILES string of the molecule is N#Cc1cccc(C(=O)N2CCC(c3nc(-c4cccnc4)no3)CC2)c1. The zero-order chi connectivity index (χ0) is 18.6. The summed E-state index contributed by atoms with van der Waals surface area (Å²) in [5.74, 6) is 1.22. The van der Waals surface area contributed by atoms with Crippen LogP contribution in [0.25, 0.3) is 11.4 Å². The summed E-state index contributed by atoms with van der Waals surface area (Å²) in [6.45, 7) is 1.23. The van der Waals surface area contributed by atoms with E-state index in [1.54, 1.807) is 36.7 Å². The van der Waals surface area contributed by atoms with Crippen molar-refractivity contribution in [1.29, 1.82) is 5.26 Å². The van der Waals surface area contributed by atoms with Gasteiger partial charge in [-0.1, -0.05) is 11.2 Å². The minimum absolute atomic E-state index is 0.0490. The first kappa shape index (κ1) is 16.9. The first-order valence-electron chi connectivity index (χ1n) is 8.78. The maximum Gasteiger partial charge on any atom is 0.253 e. The highest BCUT2D eigenvalue weighted by Crippen LogP contribution is 2.29. The van der Waals surface area contributed by atoms with Gasteiger partial charge in [-0.15, -0.1) is 0 Å². The number of nitriles is 1. The number of benzene rings is 1. The third-order valence-corrected chi connectivity index (χ3v) is 4.73. The van der Waals surface area contributed by atoms with Crippen molar-refractivity contribution in [3.8, 4) is 17.5 Å². The number of pyridine rings is 1. The van der Waals surface area contributed by atoms with Crippen molar-refractivity contribution in [2.24, 2.45) is 0 Å². The van der Waals surface area contributed by atoms with Crippen molar-refractivity contribution in [1.82, 2.24) is 20.0 Å². The van der Waals surface area contributed by atoms with E-state index in [2.05, 4.69) is 21.2 Å². The summed E-state index contributed by atoms with van der Waals surface area (Å²) in [6, 6.07) is 12.6. The maximum atomic E-state index is 12.7. The molecule has 1 fully saturated rings. The lowest BCUT2D eigenvalue weighted by Crippen LogP contribution is -2.38. The average molecular weight is 359 g/mol. The highest BCUT2D eigenvalue weighted by Gasteiger charge is 2.28. The van der Waals surface area contributed by atoms with Gasteiger partial charge in [-0.05, 0) is 43.2 Å². The van der Waals surface area contributed by atoms with Gasteiger partial charge < -0.3 is 9.42 Å². The zero-order valence-corrected chi connectivity index (χ0v) is 14.6. The van der Waals surface area contributed by atoms with Gasteiger partial charge in [-0.2, -0.15) is 10.2 Å². The number of piperidine rings is 1. The van der Waals surface area contributed by atoms with E-state index >= 15 is 0 Å². The van der Waals surface area contributed by atoms with Gasteiger partial charge in [-0.3, -0.25) is 9.78 Å². The van der Waals surface area contributed by atoms with Crippen LogP contribution in [0.3, 0.4) is 0 Å². The number of carbonyl (C=O) groups is 1. The largest absolute Gasteiger partial charge is 0.339 e. The lowest BCUT2D eigenvalue weighted by atomic mass is 9.96. The topological polar surface area (TPSA) is 95.9 Å². The van der Waals surface area contributed by atoms with E-state index in [1.165, 1.54) is 0 Å². The number of hydrogen-bond acceptors (Lipinski definition) is 6. The van der Waals surface area contributed by atoms with Gasteiger partial charge in [0.25, 0.3) is 5.91 Å². The average Bonchev–Trinajstić information content (AvgIpc) is 3.24. The van der Waals surface area contributed by atoms with Crippen LogP contribution in [-0.4, -0.2) is 39.0 Å². The molecule has 0 spiro atoms. The minimum Gasteiger partial charge on any atom is -0.339 e. The molecule has 0 bridgehead atoms. The lowest BCUT2D eigenvalue weighted by Gasteiger charge is -2.30. The highest BCUT2D eigenvalue weighted by molar-refractivity contribution is 5.94. The van der Waals surface area contributed by atoms with Crippen molar-refractivity contribution in [2.75, 3.05) is 13.1 Å². The summed E-state index contributed by atoms with van der Waals surface area (Å²) in [5.41, 5.74) is 1.85. The van der Waals surface area contributed by atoms with E-state index in [4.69, 9.17) is 9.78 Å². The van der Waals surface area contributed by atoms with Gasteiger partial charge in [0, 0.05) is 42.5 Å². The fraction of sp³-hybridized carbons (Fsp3) is 0.250. The molecule has 1 aliphatic rings. The molecule has 3 aromatic rings. The molecule has 0 N–H and O–H groups in total. The molecule has 1 amide bonds. The molecule has 4 rings (SSSR count). The summed E-state index contributed by atoms with van der Waals surface area (Å²) in [4.78, 5) is 23.0. The Balaban J connectivity index is 1.41. The molecule has 0 aliphatic carbocycles. The van der Waals surface area contributed by atoms with Gasteiger partial charge in [0.15, 0.2) is 0 Å². The molecule has 0 unspecified atom stereocenters. The Hall–Kier alpha value is -3.53. The molecule has 1 saturated heterocycles. The van der Waals surface area contributed by atoms with Gasteiger partial charge in [0.1, 0.15) is 0 Å². The van der Waals surface area contributed by atoms with Crippen molar-refractivity contribution in [2.45, 2.75) is 18.8 Å². The Kier molecular flexibility index (Phi) is 4.62. The number of amides is 1. The molecule has 0 radical (unpaired) electrons. The molecule has 3 heterocycles. The van der Waals surface area contributed by atoms with E-state index in [0.717, 1.165) is 18.4 Å². The van der Waals surface area contributed by atoms with Crippen molar-refractivity contribution >= 4 is 5.91 Å². The number of nitrogens with zero attached hydrogens (tertiary/aromatic N) is 5. The van der Waals surface area contributed by atoms with Crippen LogP contribution in [0.2, 0.25) is 0 Å². The van der Waals surface area contributed by atoms with Crippen LogP contribution in [-0.2, 0) is 0 Å². The summed E-state index contributed by atoms with van der Waals surface area (Å²) < 4.78 is 5.44. The molecule has 1 aliphatic heterocycles. The number of rotatable bonds is 3. The molecular weight excluding hydrogens is 342 g/mol. The number of likely N-dealkylation sites (tertiary alicyclic amines) is 1. The van der Waals surface area contributed by atoms with Crippen LogP contribution >= 0.6 is 0 Å². The fourth-order valence-electron chi connectivity index (χ4n) is 3.25. The highest BCUT2D eigenvalue weighted by atomic mass is 16.5. The van der Waals surface area contributed by atoms with Crippen LogP contribution < -0.4 is 0 Å². The molecule has 134 valence electrons. The monoisotopic (exact) mass is 359 g/mol. The Labute approximate surface area is 156 Å².